The monoisotopic (exact) mass is 296 g/mol. The fourth-order valence-corrected chi connectivity index (χ4v) is 1.27. The van der Waals surface area contributed by atoms with Gasteiger partial charge in [0.15, 0.2) is 0 Å². The van der Waals surface area contributed by atoms with Crippen LogP contribution < -0.4 is 17.2 Å². The molecule has 0 rings (SSSR count). The Balaban J connectivity index is 0. The first-order valence-electron chi connectivity index (χ1n) is 5.24. The average molecular weight is 297 g/mol. The predicted octanol–water partition coefficient (Wildman–Crippen LogP) is -0.0687. The number of quaternary nitrogens is 1. The Bertz CT molecular complexity index is 218. The quantitative estimate of drug-likeness (QED) is 0.535. The molecule has 0 saturated carbocycles. The van der Waals surface area contributed by atoms with Gasteiger partial charge in [0.25, 0.3) is 0 Å². The van der Waals surface area contributed by atoms with E-state index in [2.05, 4.69) is 4.84 Å². The third-order valence-electron chi connectivity index (χ3n) is 2.60. The molecule has 0 amide bonds. The largest absolute Gasteiger partial charge is 1.00 e. The second-order valence-electron chi connectivity index (χ2n) is 5.48. The van der Waals surface area contributed by atoms with Gasteiger partial charge in [0.1, 0.15) is 0 Å². The summed E-state index contributed by atoms with van der Waals surface area (Å²) < 4.78 is 36.6. The number of hydrogen-bond acceptors (Lipinski definition) is 1. The van der Waals surface area contributed by atoms with Gasteiger partial charge in [-0.15, -0.1) is 0 Å². The Kier molecular flexibility index (Phi) is 8.11. The van der Waals surface area contributed by atoms with Crippen LogP contribution in [0.2, 0.25) is 0 Å². The SMILES string of the molecule is CC(C)(CC[N+](C)(C)CCC(F)(F)F)NCl.[Cl-]. The average Bonchev–Trinajstić information content (AvgIpc) is 2.12. The standard InChI is InChI=1S/C10H21ClF3N2.ClH/c1-9(2,15-11)5-7-16(3,4)8-6-10(12,13)14;/h15H,5-8H2,1-4H3;1H/q+1;/p-1. The topological polar surface area (TPSA) is 12.0 Å². The van der Waals surface area contributed by atoms with Crippen LogP contribution in [0.5, 0.6) is 0 Å². The lowest BCUT2D eigenvalue weighted by Crippen LogP contribution is -3.00. The van der Waals surface area contributed by atoms with E-state index in [1.54, 1.807) is 14.1 Å². The van der Waals surface area contributed by atoms with Crippen molar-refractivity contribution in [2.24, 2.45) is 0 Å². The fraction of sp³-hybridized carbons (Fsp3) is 1.00. The van der Waals surface area contributed by atoms with Crippen molar-refractivity contribution in [1.82, 2.24) is 4.84 Å². The van der Waals surface area contributed by atoms with Gasteiger partial charge in [0.05, 0.1) is 33.6 Å². The summed E-state index contributed by atoms with van der Waals surface area (Å²) in [6.07, 6.45) is -4.09. The van der Waals surface area contributed by atoms with Crippen LogP contribution in [-0.2, 0) is 0 Å². The zero-order valence-electron chi connectivity index (χ0n) is 10.7. The second-order valence-corrected chi connectivity index (χ2v) is 5.67. The van der Waals surface area contributed by atoms with Crippen LogP contribution in [0.25, 0.3) is 0 Å². The zero-order chi connectivity index (χ0) is 13.0. The van der Waals surface area contributed by atoms with E-state index in [9.17, 15) is 13.2 Å². The van der Waals surface area contributed by atoms with Crippen LogP contribution in [-0.4, -0.2) is 43.4 Å². The van der Waals surface area contributed by atoms with Crippen LogP contribution >= 0.6 is 11.8 Å². The van der Waals surface area contributed by atoms with Gasteiger partial charge in [0.2, 0.25) is 0 Å². The number of hydrogen-bond donors (Lipinski definition) is 1. The lowest BCUT2D eigenvalue weighted by molar-refractivity contribution is -0.892. The Morgan fingerprint density at radius 2 is 1.47 bits per heavy atom. The molecular formula is C10H21Cl2F3N2. The highest BCUT2D eigenvalue weighted by Crippen LogP contribution is 2.21. The van der Waals surface area contributed by atoms with Crippen molar-refractivity contribution in [3.05, 3.63) is 0 Å². The fourth-order valence-electron chi connectivity index (χ4n) is 1.17. The van der Waals surface area contributed by atoms with Crippen molar-refractivity contribution in [2.45, 2.75) is 38.4 Å². The summed E-state index contributed by atoms with van der Waals surface area (Å²) in [4.78, 5) is 2.63. The minimum atomic E-state index is -4.07. The number of rotatable bonds is 6. The van der Waals surface area contributed by atoms with Gasteiger partial charge in [0, 0.05) is 12.0 Å². The molecule has 2 nitrogen and oxygen atoms in total. The molecule has 0 atom stereocenters. The predicted molar refractivity (Wildman–Crippen MR) is 60.2 cm³/mol. The molecule has 0 aliphatic rings. The van der Waals surface area contributed by atoms with E-state index in [1.165, 1.54) is 0 Å². The lowest BCUT2D eigenvalue weighted by atomic mass is 10.0. The van der Waals surface area contributed by atoms with Crippen molar-refractivity contribution in [1.29, 1.82) is 0 Å². The summed E-state index contributed by atoms with van der Waals surface area (Å²) in [7, 11) is 3.60. The van der Waals surface area contributed by atoms with Crippen LogP contribution in [0.3, 0.4) is 0 Å². The molecule has 0 aliphatic heterocycles. The highest BCUT2D eigenvalue weighted by molar-refractivity contribution is 6.13. The Morgan fingerprint density at radius 1 is 1.06 bits per heavy atom. The van der Waals surface area contributed by atoms with Crippen LogP contribution in [0.15, 0.2) is 0 Å². The molecule has 0 aromatic heterocycles. The van der Waals surface area contributed by atoms with E-state index in [1.807, 2.05) is 13.8 Å². The normalized spacial score (nSPS) is 13.4. The smallest absolute Gasteiger partial charge is 0.394 e. The van der Waals surface area contributed by atoms with Crippen LogP contribution in [0.4, 0.5) is 13.2 Å². The van der Waals surface area contributed by atoms with Gasteiger partial charge >= 0.3 is 6.18 Å². The van der Waals surface area contributed by atoms with Crippen LogP contribution in [0, 0.1) is 0 Å². The van der Waals surface area contributed by atoms with E-state index in [0.29, 0.717) is 11.0 Å². The number of nitrogens with one attached hydrogen (secondary N) is 1. The zero-order valence-corrected chi connectivity index (χ0v) is 12.2. The summed E-state index contributed by atoms with van der Waals surface area (Å²) in [6.45, 7) is 4.60. The van der Waals surface area contributed by atoms with Crippen molar-refractivity contribution in [3.8, 4) is 0 Å². The molecular weight excluding hydrogens is 276 g/mol. The summed E-state index contributed by atoms with van der Waals surface area (Å²) in [5.74, 6) is 0. The Labute approximate surface area is 113 Å². The van der Waals surface area contributed by atoms with Gasteiger partial charge in [-0.2, -0.15) is 13.2 Å². The first-order chi connectivity index (χ1) is 6.97. The highest BCUT2D eigenvalue weighted by atomic mass is 35.5. The van der Waals surface area contributed by atoms with Gasteiger partial charge in [-0.3, -0.25) is 0 Å². The minimum absolute atomic E-state index is 0. The van der Waals surface area contributed by atoms with E-state index >= 15 is 0 Å². The van der Waals surface area contributed by atoms with E-state index in [4.69, 9.17) is 11.8 Å². The summed E-state index contributed by atoms with van der Waals surface area (Å²) in [5, 5.41) is 0. The van der Waals surface area contributed by atoms with Gasteiger partial charge in [-0.05, 0) is 25.6 Å². The maximum absolute atomic E-state index is 12.1. The summed E-state index contributed by atoms with van der Waals surface area (Å²) in [6, 6.07) is 0. The minimum Gasteiger partial charge on any atom is -1.00 e. The molecule has 0 aromatic carbocycles. The van der Waals surface area contributed by atoms with E-state index < -0.39 is 12.6 Å². The van der Waals surface area contributed by atoms with Crippen molar-refractivity contribution in [3.63, 3.8) is 0 Å². The lowest BCUT2D eigenvalue weighted by Gasteiger charge is -2.33. The molecule has 0 heterocycles. The number of alkyl halides is 3. The first kappa shape index (κ1) is 19.6. The van der Waals surface area contributed by atoms with Crippen molar-refractivity contribution < 1.29 is 30.1 Å². The molecule has 106 valence electrons. The molecule has 0 aromatic rings. The second kappa shape index (κ2) is 7.02. The van der Waals surface area contributed by atoms with E-state index in [0.717, 1.165) is 6.42 Å². The van der Waals surface area contributed by atoms with Crippen molar-refractivity contribution in [2.75, 3.05) is 27.2 Å². The van der Waals surface area contributed by atoms with Gasteiger partial charge < -0.3 is 16.9 Å². The third-order valence-corrected chi connectivity index (χ3v) is 3.11. The number of nitrogens with zero attached hydrogens (tertiary/aromatic N) is 1. The molecule has 0 aliphatic carbocycles. The first-order valence-corrected chi connectivity index (χ1v) is 5.62. The maximum Gasteiger partial charge on any atom is 0.394 e. The Hall–Kier alpha value is 0.290. The molecule has 0 bridgehead atoms. The van der Waals surface area contributed by atoms with Gasteiger partial charge in [-0.25, -0.2) is 4.84 Å². The highest BCUT2D eigenvalue weighted by Gasteiger charge is 2.32. The third kappa shape index (κ3) is 11.1. The molecule has 1 N–H and O–H groups in total. The molecule has 0 spiro atoms. The molecule has 0 radical (unpaired) electrons. The summed E-state index contributed by atoms with van der Waals surface area (Å²) >= 11 is 5.53. The van der Waals surface area contributed by atoms with Gasteiger partial charge in [-0.1, -0.05) is 0 Å². The summed E-state index contributed by atoms with van der Waals surface area (Å²) in [5.41, 5.74) is -0.255. The molecule has 0 fully saturated rings. The van der Waals surface area contributed by atoms with Crippen molar-refractivity contribution >= 4 is 11.8 Å². The van der Waals surface area contributed by atoms with E-state index in [-0.39, 0.29) is 24.5 Å². The maximum atomic E-state index is 12.1. The molecule has 0 saturated heterocycles. The molecule has 17 heavy (non-hydrogen) atoms. The molecule has 7 heteroatoms. The Morgan fingerprint density at radius 3 is 1.82 bits per heavy atom. The number of halogens is 5. The van der Waals surface area contributed by atoms with Crippen LogP contribution in [0.1, 0.15) is 26.7 Å². The molecule has 0 unspecified atom stereocenters.